The summed E-state index contributed by atoms with van der Waals surface area (Å²) < 4.78 is 4.99. The Morgan fingerprint density at radius 1 is 1.44 bits per heavy atom. The fourth-order valence-electron chi connectivity index (χ4n) is 2.42. The van der Waals surface area contributed by atoms with Crippen molar-refractivity contribution in [3.8, 4) is 0 Å². The number of aryl methyl sites for hydroxylation is 1. The van der Waals surface area contributed by atoms with E-state index in [4.69, 9.17) is 4.42 Å². The van der Waals surface area contributed by atoms with E-state index in [-0.39, 0.29) is 12.5 Å². The van der Waals surface area contributed by atoms with Crippen LogP contribution in [-0.4, -0.2) is 28.1 Å². The molecule has 2 N–H and O–H groups in total. The summed E-state index contributed by atoms with van der Waals surface area (Å²) in [5.74, 6) is 0.222. The van der Waals surface area contributed by atoms with Crippen molar-refractivity contribution in [3.63, 3.8) is 0 Å². The van der Waals surface area contributed by atoms with Gasteiger partial charge in [-0.1, -0.05) is 25.7 Å². The van der Waals surface area contributed by atoms with E-state index < -0.39 is 5.60 Å². The smallest absolute Gasteiger partial charge is 0.273 e. The second kappa shape index (κ2) is 5.52. The third kappa shape index (κ3) is 3.10. The molecule has 5 nitrogen and oxygen atoms in total. The van der Waals surface area contributed by atoms with Crippen LogP contribution in [0.4, 0.5) is 0 Å². The monoisotopic (exact) mass is 252 g/mol. The van der Waals surface area contributed by atoms with E-state index in [2.05, 4.69) is 10.3 Å². The van der Waals surface area contributed by atoms with Crippen molar-refractivity contribution in [1.82, 2.24) is 10.3 Å². The summed E-state index contributed by atoms with van der Waals surface area (Å²) in [7, 11) is 0. The minimum Gasteiger partial charge on any atom is -0.448 e. The number of carbonyl (C=O) groups excluding carboxylic acids is 1. The summed E-state index contributed by atoms with van der Waals surface area (Å²) in [6, 6.07) is 0. The zero-order valence-corrected chi connectivity index (χ0v) is 10.7. The van der Waals surface area contributed by atoms with Crippen LogP contribution in [0.1, 0.15) is 54.8 Å². The highest BCUT2D eigenvalue weighted by Gasteiger charge is 2.29. The van der Waals surface area contributed by atoms with E-state index in [1.807, 2.05) is 0 Å². The van der Waals surface area contributed by atoms with Crippen molar-refractivity contribution >= 4 is 5.91 Å². The molecule has 0 unspecified atom stereocenters. The Morgan fingerprint density at radius 3 is 2.67 bits per heavy atom. The number of hydrogen-bond acceptors (Lipinski definition) is 4. The van der Waals surface area contributed by atoms with E-state index in [1.54, 1.807) is 6.92 Å². The molecule has 0 atom stereocenters. The zero-order valence-electron chi connectivity index (χ0n) is 10.7. The Bertz CT molecular complexity index is 406. The standard InChI is InChI=1S/C13H20N2O3/c1-10-11(15-9-18-10)12(16)14-8-13(17)6-4-2-3-5-7-13/h9,17H,2-8H2,1H3,(H,14,16). The number of oxazole rings is 1. The first kappa shape index (κ1) is 13.1. The largest absolute Gasteiger partial charge is 0.448 e. The number of aromatic nitrogens is 1. The van der Waals surface area contributed by atoms with Crippen LogP contribution in [0.25, 0.3) is 0 Å². The molecule has 5 heteroatoms. The lowest BCUT2D eigenvalue weighted by atomic mass is 9.94. The Hall–Kier alpha value is -1.36. The lowest BCUT2D eigenvalue weighted by Gasteiger charge is -2.26. The van der Waals surface area contributed by atoms with Crippen LogP contribution in [0.5, 0.6) is 0 Å². The summed E-state index contributed by atoms with van der Waals surface area (Å²) in [5, 5.41) is 13.2. The van der Waals surface area contributed by atoms with Gasteiger partial charge in [0.25, 0.3) is 5.91 Å². The van der Waals surface area contributed by atoms with Crippen LogP contribution < -0.4 is 5.32 Å². The predicted molar refractivity (Wildman–Crippen MR) is 66.2 cm³/mol. The van der Waals surface area contributed by atoms with Crippen LogP contribution in [0, 0.1) is 6.92 Å². The minimum absolute atomic E-state index is 0.279. The van der Waals surface area contributed by atoms with Crippen molar-refractivity contribution in [2.24, 2.45) is 0 Å². The maximum Gasteiger partial charge on any atom is 0.273 e. The van der Waals surface area contributed by atoms with Gasteiger partial charge in [0.05, 0.1) is 5.60 Å². The molecule has 0 spiro atoms. The van der Waals surface area contributed by atoms with Gasteiger partial charge in [-0.3, -0.25) is 4.79 Å². The summed E-state index contributed by atoms with van der Waals surface area (Å²) >= 11 is 0. The molecule has 0 bridgehead atoms. The van der Waals surface area contributed by atoms with Crippen molar-refractivity contribution in [1.29, 1.82) is 0 Å². The van der Waals surface area contributed by atoms with Gasteiger partial charge in [0.15, 0.2) is 12.1 Å². The lowest BCUT2D eigenvalue weighted by Crippen LogP contribution is -2.42. The normalized spacial score (nSPS) is 19.2. The van der Waals surface area contributed by atoms with E-state index in [0.717, 1.165) is 25.7 Å². The molecule has 0 saturated heterocycles. The maximum atomic E-state index is 11.9. The predicted octanol–water partition coefficient (Wildman–Crippen LogP) is 1.80. The zero-order chi connectivity index (χ0) is 13.0. The SMILES string of the molecule is Cc1ocnc1C(=O)NCC1(O)CCCCCC1. The number of nitrogens with zero attached hydrogens (tertiary/aromatic N) is 1. The first-order chi connectivity index (χ1) is 8.61. The molecule has 0 aromatic carbocycles. The second-order valence-electron chi connectivity index (χ2n) is 5.08. The maximum absolute atomic E-state index is 11.9. The van der Waals surface area contributed by atoms with Gasteiger partial charge in [0.2, 0.25) is 0 Å². The highest BCUT2D eigenvalue weighted by Crippen LogP contribution is 2.26. The van der Waals surface area contributed by atoms with Gasteiger partial charge >= 0.3 is 0 Å². The van der Waals surface area contributed by atoms with Gasteiger partial charge in [-0.05, 0) is 19.8 Å². The summed E-state index contributed by atoms with van der Waals surface area (Å²) in [6.07, 6.45) is 7.14. The Morgan fingerprint density at radius 2 is 2.11 bits per heavy atom. The summed E-state index contributed by atoms with van der Waals surface area (Å²) in [4.78, 5) is 15.7. The summed E-state index contributed by atoms with van der Waals surface area (Å²) in [6.45, 7) is 1.99. The molecular formula is C13H20N2O3. The molecule has 1 saturated carbocycles. The first-order valence-electron chi connectivity index (χ1n) is 6.51. The number of nitrogens with one attached hydrogen (secondary N) is 1. The molecule has 1 aliphatic rings. The molecule has 1 aromatic heterocycles. The molecular weight excluding hydrogens is 232 g/mol. The van der Waals surface area contributed by atoms with E-state index in [1.165, 1.54) is 19.2 Å². The Kier molecular flexibility index (Phi) is 4.01. The van der Waals surface area contributed by atoms with E-state index in [0.29, 0.717) is 11.5 Å². The number of rotatable bonds is 3. The molecule has 1 aromatic rings. The molecule has 18 heavy (non-hydrogen) atoms. The molecule has 2 rings (SSSR count). The van der Waals surface area contributed by atoms with Crippen molar-refractivity contribution in [2.45, 2.75) is 51.0 Å². The first-order valence-corrected chi connectivity index (χ1v) is 6.51. The quantitative estimate of drug-likeness (QED) is 0.804. The van der Waals surface area contributed by atoms with Crippen LogP contribution in [0.3, 0.4) is 0 Å². The van der Waals surface area contributed by atoms with Crippen molar-refractivity contribution in [2.75, 3.05) is 6.54 Å². The fraction of sp³-hybridized carbons (Fsp3) is 0.692. The second-order valence-corrected chi connectivity index (χ2v) is 5.08. The highest BCUT2D eigenvalue weighted by atomic mass is 16.3. The van der Waals surface area contributed by atoms with Gasteiger partial charge in [-0.2, -0.15) is 0 Å². The van der Waals surface area contributed by atoms with Crippen LogP contribution in [0.15, 0.2) is 10.8 Å². The molecule has 1 heterocycles. The lowest BCUT2D eigenvalue weighted by molar-refractivity contribution is 0.0245. The molecule has 0 aliphatic heterocycles. The van der Waals surface area contributed by atoms with E-state index in [9.17, 15) is 9.90 Å². The highest BCUT2D eigenvalue weighted by molar-refractivity contribution is 5.93. The van der Waals surface area contributed by atoms with E-state index >= 15 is 0 Å². The van der Waals surface area contributed by atoms with Gasteiger partial charge in [-0.25, -0.2) is 4.98 Å². The fourth-order valence-corrected chi connectivity index (χ4v) is 2.42. The van der Waals surface area contributed by atoms with Crippen molar-refractivity contribution < 1.29 is 14.3 Å². The average molecular weight is 252 g/mol. The number of hydrogen-bond donors (Lipinski definition) is 2. The topological polar surface area (TPSA) is 75.4 Å². The number of aliphatic hydroxyl groups is 1. The van der Waals surface area contributed by atoms with Crippen LogP contribution >= 0.6 is 0 Å². The van der Waals surface area contributed by atoms with Crippen molar-refractivity contribution in [3.05, 3.63) is 17.8 Å². The third-order valence-electron chi connectivity index (χ3n) is 3.57. The molecule has 0 radical (unpaired) electrons. The van der Waals surface area contributed by atoms with Gasteiger partial charge in [0, 0.05) is 6.54 Å². The van der Waals surface area contributed by atoms with Gasteiger partial charge in [0.1, 0.15) is 5.76 Å². The third-order valence-corrected chi connectivity index (χ3v) is 3.57. The Labute approximate surface area is 107 Å². The molecule has 1 amide bonds. The summed E-state index contributed by atoms with van der Waals surface area (Å²) in [5.41, 5.74) is -0.462. The minimum atomic E-state index is -0.760. The van der Waals surface area contributed by atoms with Gasteiger partial charge in [-0.15, -0.1) is 0 Å². The Balaban J connectivity index is 1.90. The van der Waals surface area contributed by atoms with Crippen LogP contribution in [0.2, 0.25) is 0 Å². The number of amides is 1. The molecule has 1 fully saturated rings. The molecule has 1 aliphatic carbocycles. The van der Waals surface area contributed by atoms with Crippen LogP contribution in [-0.2, 0) is 0 Å². The molecule has 100 valence electrons. The number of carbonyl (C=O) groups is 1. The average Bonchev–Trinajstić information content (AvgIpc) is 2.65. The van der Waals surface area contributed by atoms with Gasteiger partial charge < -0.3 is 14.8 Å².